The predicted octanol–water partition coefficient (Wildman–Crippen LogP) is 3.25. The predicted molar refractivity (Wildman–Crippen MR) is 128 cm³/mol. The van der Waals surface area contributed by atoms with Gasteiger partial charge in [0.25, 0.3) is 17.7 Å². The standard InChI is InChI=1S/C23H22N6O4.3H2/c1-29(2)23(31)15-9-7-14(8-10-15)17-13-25-20(24)19(26-17)22-28-27-21(33-22)16-5-3-4-6-18(16)32-12-11-30;;;/h3-10,13,30H,11-12H2,1-2H3,(H2,24,25);3*1H. The number of nitrogen functional groups attached to an aromatic ring is 1. The van der Waals surface area contributed by atoms with Crippen molar-refractivity contribution in [3.8, 4) is 40.0 Å². The number of amides is 1. The van der Waals surface area contributed by atoms with Gasteiger partial charge in [0.1, 0.15) is 12.4 Å². The minimum absolute atomic E-state index is 0. The van der Waals surface area contributed by atoms with E-state index in [1.807, 2.05) is 6.07 Å². The van der Waals surface area contributed by atoms with E-state index in [9.17, 15) is 4.79 Å². The van der Waals surface area contributed by atoms with Crippen LogP contribution in [0.4, 0.5) is 5.82 Å². The van der Waals surface area contributed by atoms with Gasteiger partial charge in [0.2, 0.25) is 0 Å². The number of carbonyl (C=O) groups excluding carboxylic acids is 1. The van der Waals surface area contributed by atoms with Crippen molar-refractivity contribution in [2.24, 2.45) is 0 Å². The second kappa shape index (κ2) is 9.45. The molecule has 0 saturated carbocycles. The number of anilines is 1. The van der Waals surface area contributed by atoms with Crippen LogP contribution < -0.4 is 10.5 Å². The SMILES string of the molecule is CN(C)C(=O)c1ccc(-c2cnc(N)c(-c3nnc(-c4ccccc4OCCO)o3)n2)cc1.[HH].[HH].[HH]. The molecule has 0 bridgehead atoms. The normalized spacial score (nSPS) is 10.8. The topological polar surface area (TPSA) is 140 Å². The lowest BCUT2D eigenvalue weighted by Gasteiger charge is -2.10. The van der Waals surface area contributed by atoms with Gasteiger partial charge in [-0.05, 0) is 24.3 Å². The maximum atomic E-state index is 12.1. The van der Waals surface area contributed by atoms with Crippen LogP contribution >= 0.6 is 0 Å². The van der Waals surface area contributed by atoms with Gasteiger partial charge in [-0.3, -0.25) is 4.79 Å². The number of nitrogens with zero attached hydrogens (tertiary/aromatic N) is 5. The number of hydrogen-bond acceptors (Lipinski definition) is 9. The molecule has 0 aliphatic rings. The van der Waals surface area contributed by atoms with Crippen LogP contribution in [0.3, 0.4) is 0 Å². The molecule has 10 nitrogen and oxygen atoms in total. The summed E-state index contributed by atoms with van der Waals surface area (Å²) in [4.78, 5) is 22.4. The van der Waals surface area contributed by atoms with Crippen LogP contribution in [0.1, 0.15) is 14.6 Å². The van der Waals surface area contributed by atoms with Crippen molar-refractivity contribution in [1.82, 2.24) is 25.1 Å². The third-order valence-electron chi connectivity index (χ3n) is 4.73. The summed E-state index contributed by atoms with van der Waals surface area (Å²) in [5.41, 5.74) is 8.71. The van der Waals surface area contributed by atoms with E-state index in [0.29, 0.717) is 22.6 Å². The maximum Gasteiger partial charge on any atom is 0.270 e. The molecule has 0 aliphatic carbocycles. The van der Waals surface area contributed by atoms with Gasteiger partial charge in [-0.1, -0.05) is 24.3 Å². The molecule has 0 saturated heterocycles. The van der Waals surface area contributed by atoms with E-state index in [4.69, 9.17) is 20.0 Å². The quantitative estimate of drug-likeness (QED) is 0.432. The molecule has 10 heteroatoms. The third kappa shape index (κ3) is 4.65. The largest absolute Gasteiger partial charge is 0.490 e. The number of ether oxygens (including phenoxy) is 1. The van der Waals surface area contributed by atoms with Gasteiger partial charge in [-0.15, -0.1) is 10.2 Å². The van der Waals surface area contributed by atoms with Crippen molar-refractivity contribution in [2.75, 3.05) is 33.0 Å². The lowest BCUT2D eigenvalue weighted by atomic mass is 10.1. The molecule has 1 amide bonds. The molecular formula is C23H28N6O4. The average molecular weight is 453 g/mol. The number of hydrogen-bond donors (Lipinski definition) is 2. The summed E-state index contributed by atoms with van der Waals surface area (Å²) in [5, 5.41) is 17.2. The number of nitrogens with two attached hydrogens (primary N) is 1. The van der Waals surface area contributed by atoms with E-state index in [0.717, 1.165) is 5.56 Å². The van der Waals surface area contributed by atoms with E-state index in [-0.39, 0.29) is 46.7 Å². The highest BCUT2D eigenvalue weighted by molar-refractivity contribution is 5.94. The van der Waals surface area contributed by atoms with Gasteiger partial charge in [0.05, 0.1) is 24.1 Å². The van der Waals surface area contributed by atoms with E-state index in [1.165, 1.54) is 11.1 Å². The van der Waals surface area contributed by atoms with Gasteiger partial charge >= 0.3 is 0 Å². The van der Waals surface area contributed by atoms with Gasteiger partial charge in [0, 0.05) is 29.5 Å². The summed E-state index contributed by atoms with van der Waals surface area (Å²) in [6.07, 6.45) is 1.54. The minimum Gasteiger partial charge on any atom is -0.490 e. The Balaban J connectivity index is 0.00000216. The summed E-state index contributed by atoms with van der Waals surface area (Å²) >= 11 is 0. The molecule has 174 valence electrons. The molecule has 33 heavy (non-hydrogen) atoms. The molecule has 0 fully saturated rings. The highest BCUT2D eigenvalue weighted by Crippen LogP contribution is 2.32. The molecule has 0 unspecified atom stereocenters. The Morgan fingerprint density at radius 2 is 1.85 bits per heavy atom. The number of aliphatic hydroxyl groups is 1. The van der Waals surface area contributed by atoms with Crippen molar-refractivity contribution in [1.29, 1.82) is 0 Å². The lowest BCUT2D eigenvalue weighted by Crippen LogP contribution is -2.21. The first kappa shape index (κ1) is 21.9. The summed E-state index contributed by atoms with van der Waals surface area (Å²) in [6, 6.07) is 14.2. The van der Waals surface area contributed by atoms with E-state index < -0.39 is 0 Å². The Bertz CT molecular complexity index is 1290. The fourth-order valence-corrected chi connectivity index (χ4v) is 3.09. The Morgan fingerprint density at radius 3 is 2.58 bits per heavy atom. The van der Waals surface area contributed by atoms with Crippen molar-refractivity contribution in [3.05, 3.63) is 60.3 Å². The Labute approximate surface area is 194 Å². The molecule has 0 spiro atoms. The van der Waals surface area contributed by atoms with Crippen LogP contribution in [0.2, 0.25) is 0 Å². The van der Waals surface area contributed by atoms with Gasteiger partial charge in [0.15, 0.2) is 11.5 Å². The first-order valence-electron chi connectivity index (χ1n) is 10.1. The number of carbonyl (C=O) groups is 1. The first-order chi connectivity index (χ1) is 16.0. The number of aromatic nitrogens is 4. The molecule has 3 N–H and O–H groups in total. The van der Waals surface area contributed by atoms with Gasteiger partial charge in [-0.25, -0.2) is 9.97 Å². The summed E-state index contributed by atoms with van der Waals surface area (Å²) < 4.78 is 11.4. The van der Waals surface area contributed by atoms with E-state index in [2.05, 4.69) is 20.2 Å². The highest BCUT2D eigenvalue weighted by atomic mass is 16.5. The first-order valence-corrected chi connectivity index (χ1v) is 10.1. The van der Waals surface area contributed by atoms with Crippen LogP contribution in [0.5, 0.6) is 5.75 Å². The Hall–Kier alpha value is -4.31. The summed E-state index contributed by atoms with van der Waals surface area (Å²) in [7, 11) is 3.40. The number of rotatable bonds is 7. The van der Waals surface area contributed by atoms with E-state index >= 15 is 0 Å². The molecule has 4 rings (SSSR count). The van der Waals surface area contributed by atoms with Crippen LogP contribution in [-0.2, 0) is 0 Å². The van der Waals surface area contributed by atoms with Crippen molar-refractivity contribution in [2.45, 2.75) is 0 Å². The summed E-state index contributed by atoms with van der Waals surface area (Å²) in [6.45, 7) is 0.0179. The molecule has 2 aromatic heterocycles. The third-order valence-corrected chi connectivity index (χ3v) is 4.73. The fourth-order valence-electron chi connectivity index (χ4n) is 3.09. The fraction of sp³-hybridized carbons (Fsp3) is 0.174. The van der Waals surface area contributed by atoms with Crippen molar-refractivity contribution >= 4 is 11.7 Å². The van der Waals surface area contributed by atoms with E-state index in [1.54, 1.807) is 56.6 Å². The molecular weight excluding hydrogens is 424 g/mol. The number of aliphatic hydroxyl groups excluding tert-OH is 1. The zero-order chi connectivity index (χ0) is 23.4. The Morgan fingerprint density at radius 1 is 1.12 bits per heavy atom. The van der Waals surface area contributed by atoms with Crippen molar-refractivity contribution in [3.63, 3.8) is 0 Å². The van der Waals surface area contributed by atoms with Crippen LogP contribution in [0.15, 0.2) is 59.1 Å². The van der Waals surface area contributed by atoms with Crippen LogP contribution in [0.25, 0.3) is 34.3 Å². The maximum absolute atomic E-state index is 12.1. The molecule has 0 atom stereocenters. The molecule has 0 aliphatic heterocycles. The molecule has 4 aromatic rings. The highest BCUT2D eigenvalue weighted by Gasteiger charge is 2.19. The second-order valence-electron chi connectivity index (χ2n) is 7.25. The number of benzene rings is 2. The second-order valence-corrected chi connectivity index (χ2v) is 7.25. The average Bonchev–Trinajstić information content (AvgIpc) is 3.32. The molecule has 2 aromatic carbocycles. The minimum atomic E-state index is -0.118. The lowest BCUT2D eigenvalue weighted by molar-refractivity contribution is 0.0827. The zero-order valence-corrected chi connectivity index (χ0v) is 18.1. The Kier molecular flexibility index (Phi) is 6.27. The van der Waals surface area contributed by atoms with Crippen LogP contribution in [0, 0.1) is 0 Å². The molecule has 2 heterocycles. The molecule has 0 radical (unpaired) electrons. The monoisotopic (exact) mass is 452 g/mol. The van der Waals surface area contributed by atoms with Gasteiger partial charge < -0.3 is 24.9 Å². The smallest absolute Gasteiger partial charge is 0.270 e. The van der Waals surface area contributed by atoms with Gasteiger partial charge in [-0.2, -0.15) is 0 Å². The zero-order valence-electron chi connectivity index (χ0n) is 18.1. The van der Waals surface area contributed by atoms with Crippen molar-refractivity contribution < 1.29 is 23.3 Å². The van der Waals surface area contributed by atoms with Crippen LogP contribution in [-0.4, -0.2) is 63.4 Å². The number of para-hydroxylation sites is 1. The summed E-state index contributed by atoms with van der Waals surface area (Å²) in [5.74, 6) is 0.872.